The molecule has 31 heavy (non-hydrogen) atoms. The summed E-state index contributed by atoms with van der Waals surface area (Å²) >= 11 is 0. The van der Waals surface area contributed by atoms with Crippen molar-refractivity contribution in [3.8, 4) is 5.75 Å². The van der Waals surface area contributed by atoms with Crippen molar-refractivity contribution in [2.45, 2.75) is 85.0 Å². The molecule has 0 aromatic heterocycles. The summed E-state index contributed by atoms with van der Waals surface area (Å²) in [5.41, 5.74) is 2.23. The van der Waals surface area contributed by atoms with E-state index in [0.29, 0.717) is 24.3 Å². The lowest BCUT2D eigenvalue weighted by Gasteiger charge is -2.41. The summed E-state index contributed by atoms with van der Waals surface area (Å²) in [6, 6.07) is 5.04. The smallest absolute Gasteiger partial charge is 0.342 e. The summed E-state index contributed by atoms with van der Waals surface area (Å²) in [6.45, 7) is 21.6. The van der Waals surface area contributed by atoms with Crippen molar-refractivity contribution in [2.24, 2.45) is 5.92 Å². The first-order chi connectivity index (χ1) is 14.3. The molecule has 1 rings (SSSR count). The van der Waals surface area contributed by atoms with Crippen LogP contribution in [0.15, 0.2) is 42.5 Å². The number of rotatable bonds is 11. The first-order valence-electron chi connectivity index (χ1n) is 11.2. The Morgan fingerprint density at radius 3 is 2.45 bits per heavy atom. The van der Waals surface area contributed by atoms with E-state index >= 15 is 0 Å². The van der Waals surface area contributed by atoms with Crippen molar-refractivity contribution in [3.63, 3.8) is 0 Å². The maximum atomic E-state index is 12.7. The zero-order chi connectivity index (χ0) is 23.8. The highest BCUT2D eigenvalue weighted by molar-refractivity contribution is 6.74. The van der Waals surface area contributed by atoms with Crippen LogP contribution in [-0.4, -0.2) is 32.1 Å². The minimum atomic E-state index is -1.97. The number of carbonyl (C=O) groups is 1. The predicted molar refractivity (Wildman–Crippen MR) is 132 cm³/mol. The molecule has 0 saturated carbocycles. The summed E-state index contributed by atoms with van der Waals surface area (Å²) in [7, 11) is -1.97. The van der Waals surface area contributed by atoms with Gasteiger partial charge >= 0.3 is 5.97 Å². The van der Waals surface area contributed by atoms with Gasteiger partial charge in [0.2, 0.25) is 0 Å². The third-order valence-electron chi connectivity index (χ3n) is 6.12. The molecule has 0 spiro atoms. The van der Waals surface area contributed by atoms with Gasteiger partial charge in [-0.1, -0.05) is 57.6 Å². The van der Waals surface area contributed by atoms with Crippen LogP contribution in [-0.2, 0) is 15.6 Å². The molecule has 1 aromatic carbocycles. The van der Waals surface area contributed by atoms with Gasteiger partial charge in [-0.3, -0.25) is 0 Å². The Labute approximate surface area is 190 Å². The van der Waals surface area contributed by atoms with Gasteiger partial charge in [0.1, 0.15) is 11.3 Å². The maximum absolute atomic E-state index is 12.7. The van der Waals surface area contributed by atoms with Gasteiger partial charge in [0.15, 0.2) is 8.32 Å². The molecular weight excluding hydrogens is 404 g/mol. The average molecular weight is 447 g/mol. The summed E-state index contributed by atoms with van der Waals surface area (Å²) in [5.74, 6) is -0.252. The predicted octanol–water partition coefficient (Wildman–Crippen LogP) is 7.05. The molecule has 0 unspecified atom stereocenters. The van der Waals surface area contributed by atoms with Gasteiger partial charge in [-0.2, -0.15) is 0 Å². The second-order valence-corrected chi connectivity index (χ2v) is 14.9. The highest BCUT2D eigenvalue weighted by Gasteiger charge is 2.40. The minimum absolute atomic E-state index is 0.00121. The van der Waals surface area contributed by atoms with Gasteiger partial charge < -0.3 is 14.3 Å². The number of aromatic hydroxyl groups is 1. The molecule has 0 fully saturated rings. The van der Waals surface area contributed by atoms with E-state index in [1.165, 1.54) is 11.6 Å². The van der Waals surface area contributed by atoms with Gasteiger partial charge in [0, 0.05) is 6.42 Å². The van der Waals surface area contributed by atoms with Crippen LogP contribution in [0.4, 0.5) is 0 Å². The Morgan fingerprint density at radius 2 is 1.90 bits per heavy atom. The molecule has 0 aliphatic heterocycles. The number of phenols is 1. The van der Waals surface area contributed by atoms with Gasteiger partial charge in [-0.05, 0) is 62.4 Å². The second kappa shape index (κ2) is 11.7. The topological polar surface area (TPSA) is 55.8 Å². The molecule has 0 radical (unpaired) electrons. The van der Waals surface area contributed by atoms with Gasteiger partial charge in [0.05, 0.1) is 12.7 Å². The maximum Gasteiger partial charge on any atom is 0.342 e. The number of phenolic OH excluding ortho intramolecular Hbond substituents is 1. The fourth-order valence-electron chi connectivity index (χ4n) is 3.08. The lowest BCUT2D eigenvalue weighted by molar-refractivity contribution is 0.0385. The summed E-state index contributed by atoms with van der Waals surface area (Å²) in [5, 5.41) is 10.3. The highest BCUT2D eigenvalue weighted by atomic mass is 28.4. The lowest BCUT2D eigenvalue weighted by atomic mass is 9.97. The van der Waals surface area contributed by atoms with E-state index in [4.69, 9.17) is 9.16 Å². The van der Waals surface area contributed by atoms with E-state index in [-0.39, 0.29) is 29.1 Å². The van der Waals surface area contributed by atoms with E-state index in [2.05, 4.69) is 67.3 Å². The Bertz CT molecular complexity index is 770. The second-order valence-electron chi connectivity index (χ2n) is 10.1. The molecule has 5 heteroatoms. The first kappa shape index (κ1) is 27.2. The molecular formula is C26H42O4Si. The standard InChI is InChI=1S/C26H42O4Si/c1-10-12-21-13-11-14-22(27)24(21)25(28)29-18-17-23(20(4)16-15-19(2)3)30-31(8,9)26(5,6)7/h10-11,13-15,20,23,27H,1,12,16-18H2,2-9H3/t20-,23+/m1/s1. The number of allylic oxidation sites excluding steroid dienone is 3. The lowest BCUT2D eigenvalue weighted by Crippen LogP contribution is -2.45. The number of hydrogen-bond donors (Lipinski definition) is 1. The number of ether oxygens (including phenoxy) is 1. The van der Waals surface area contributed by atoms with Crippen LogP contribution in [0.25, 0.3) is 0 Å². The van der Waals surface area contributed by atoms with E-state index in [0.717, 1.165) is 6.42 Å². The fourth-order valence-corrected chi connectivity index (χ4v) is 4.54. The molecule has 4 nitrogen and oxygen atoms in total. The fraction of sp³-hybridized carbons (Fsp3) is 0.577. The van der Waals surface area contributed by atoms with Gasteiger partial charge in [0.25, 0.3) is 0 Å². The van der Waals surface area contributed by atoms with Crippen LogP contribution in [0.1, 0.15) is 70.3 Å². The van der Waals surface area contributed by atoms with E-state index in [1.807, 2.05) is 6.07 Å². The Hall–Kier alpha value is -1.85. The third kappa shape index (κ3) is 8.30. The normalized spacial score (nSPS) is 13.9. The Balaban J connectivity index is 2.93. The van der Waals surface area contributed by atoms with Crippen LogP contribution >= 0.6 is 0 Å². The third-order valence-corrected chi connectivity index (χ3v) is 10.6. The molecule has 1 aromatic rings. The molecule has 0 saturated heterocycles. The molecule has 0 bridgehead atoms. The van der Waals surface area contributed by atoms with Crippen LogP contribution < -0.4 is 0 Å². The summed E-state index contributed by atoms with van der Waals surface area (Å²) in [6.07, 6.45) is 6.00. The molecule has 1 N–H and O–H groups in total. The van der Waals surface area contributed by atoms with Crippen molar-refractivity contribution in [1.82, 2.24) is 0 Å². The van der Waals surface area contributed by atoms with E-state index in [1.54, 1.807) is 12.1 Å². The summed E-state index contributed by atoms with van der Waals surface area (Å²) < 4.78 is 12.3. The molecule has 0 heterocycles. The number of carbonyl (C=O) groups excluding carboxylic acids is 1. The Morgan fingerprint density at radius 1 is 1.26 bits per heavy atom. The molecule has 174 valence electrons. The molecule has 0 aliphatic rings. The van der Waals surface area contributed by atoms with Gasteiger partial charge in [-0.25, -0.2) is 4.79 Å². The van der Waals surface area contributed by atoms with Crippen molar-refractivity contribution in [1.29, 1.82) is 0 Å². The van der Waals surface area contributed by atoms with E-state index in [9.17, 15) is 9.90 Å². The van der Waals surface area contributed by atoms with Crippen LogP contribution in [0, 0.1) is 5.92 Å². The van der Waals surface area contributed by atoms with Crippen molar-refractivity contribution in [3.05, 3.63) is 53.6 Å². The number of esters is 1. The molecule has 0 amide bonds. The van der Waals surface area contributed by atoms with Crippen molar-refractivity contribution >= 4 is 14.3 Å². The van der Waals surface area contributed by atoms with Gasteiger partial charge in [-0.15, -0.1) is 6.58 Å². The van der Waals surface area contributed by atoms with Crippen LogP contribution in [0.2, 0.25) is 18.1 Å². The molecule has 2 atom stereocenters. The van der Waals surface area contributed by atoms with Crippen molar-refractivity contribution < 1.29 is 19.1 Å². The highest BCUT2D eigenvalue weighted by Crippen LogP contribution is 2.39. The van der Waals surface area contributed by atoms with Crippen LogP contribution in [0.5, 0.6) is 5.75 Å². The number of benzene rings is 1. The zero-order valence-electron chi connectivity index (χ0n) is 20.7. The minimum Gasteiger partial charge on any atom is -0.507 e. The van der Waals surface area contributed by atoms with Crippen molar-refractivity contribution in [2.75, 3.05) is 6.61 Å². The first-order valence-corrected chi connectivity index (χ1v) is 14.1. The number of hydrogen-bond acceptors (Lipinski definition) is 4. The largest absolute Gasteiger partial charge is 0.507 e. The Kier molecular flexibility index (Phi) is 10.2. The monoisotopic (exact) mass is 446 g/mol. The molecule has 0 aliphatic carbocycles. The average Bonchev–Trinajstić information content (AvgIpc) is 2.64. The summed E-state index contributed by atoms with van der Waals surface area (Å²) in [4.78, 5) is 12.7. The quantitative estimate of drug-likeness (QED) is 0.225. The zero-order valence-corrected chi connectivity index (χ0v) is 21.7. The SMILES string of the molecule is C=CCc1cccc(O)c1C(=O)OCC[C@H](O[Si](C)(C)C(C)(C)C)[C@H](C)CC=C(C)C. The van der Waals surface area contributed by atoms with Crippen LogP contribution in [0.3, 0.4) is 0 Å². The van der Waals surface area contributed by atoms with E-state index < -0.39 is 14.3 Å².